The van der Waals surface area contributed by atoms with E-state index in [1.807, 2.05) is 13.0 Å². The number of hydrogen-bond donors (Lipinski definition) is 2. The van der Waals surface area contributed by atoms with E-state index < -0.39 is 15.9 Å². The molecule has 0 aliphatic rings. The molecule has 0 radical (unpaired) electrons. The van der Waals surface area contributed by atoms with E-state index >= 15 is 0 Å². The zero-order valence-corrected chi connectivity index (χ0v) is 16.3. The standard InChI is InChI=1S/C18H21ClN2O4S/c1-12-5-4-6-14(9-12)21-26(23,24)15-7-8-17(19)16(10-15)18(22)20-13(2)11-25-3/h4-10,13,21H,11H2,1-3H3,(H,20,22). The van der Waals surface area contributed by atoms with E-state index in [0.717, 1.165) is 5.56 Å². The Kier molecular flexibility index (Phi) is 6.63. The van der Waals surface area contributed by atoms with E-state index in [4.69, 9.17) is 16.3 Å². The quantitative estimate of drug-likeness (QED) is 0.752. The summed E-state index contributed by atoms with van der Waals surface area (Å²) in [7, 11) is -2.33. The Morgan fingerprint density at radius 2 is 1.96 bits per heavy atom. The average Bonchev–Trinajstić information content (AvgIpc) is 2.54. The summed E-state index contributed by atoms with van der Waals surface area (Å²) in [5.74, 6) is -0.466. The molecule has 0 aliphatic carbocycles. The maximum atomic E-state index is 12.6. The SMILES string of the molecule is COCC(C)NC(=O)c1cc(S(=O)(=O)Nc2cccc(C)c2)ccc1Cl. The van der Waals surface area contributed by atoms with Crippen LogP contribution in [-0.4, -0.2) is 34.1 Å². The summed E-state index contributed by atoms with van der Waals surface area (Å²) in [4.78, 5) is 12.3. The van der Waals surface area contributed by atoms with Crippen molar-refractivity contribution < 1.29 is 17.9 Å². The number of benzene rings is 2. The number of carbonyl (C=O) groups is 1. The van der Waals surface area contributed by atoms with Gasteiger partial charge in [-0.1, -0.05) is 23.7 Å². The van der Waals surface area contributed by atoms with Crippen LogP contribution in [0.1, 0.15) is 22.8 Å². The number of aryl methyl sites for hydroxylation is 1. The fourth-order valence-electron chi connectivity index (χ4n) is 2.36. The lowest BCUT2D eigenvalue weighted by Crippen LogP contribution is -2.35. The molecular formula is C18H21ClN2O4S. The van der Waals surface area contributed by atoms with Gasteiger partial charge < -0.3 is 10.1 Å². The molecule has 0 saturated carbocycles. The van der Waals surface area contributed by atoms with E-state index in [9.17, 15) is 13.2 Å². The van der Waals surface area contributed by atoms with Crippen molar-refractivity contribution in [3.8, 4) is 0 Å². The highest BCUT2D eigenvalue weighted by atomic mass is 35.5. The van der Waals surface area contributed by atoms with Crippen LogP contribution in [0, 0.1) is 6.92 Å². The van der Waals surface area contributed by atoms with Crippen molar-refractivity contribution >= 4 is 33.2 Å². The smallest absolute Gasteiger partial charge is 0.261 e. The molecule has 0 aliphatic heterocycles. The van der Waals surface area contributed by atoms with Crippen molar-refractivity contribution in [1.82, 2.24) is 5.32 Å². The number of halogens is 1. The van der Waals surface area contributed by atoms with Gasteiger partial charge in [-0.25, -0.2) is 8.42 Å². The summed E-state index contributed by atoms with van der Waals surface area (Å²) in [5.41, 5.74) is 1.45. The van der Waals surface area contributed by atoms with Crippen LogP contribution in [0.4, 0.5) is 5.69 Å². The molecule has 2 rings (SSSR count). The van der Waals surface area contributed by atoms with E-state index in [0.29, 0.717) is 12.3 Å². The van der Waals surface area contributed by atoms with Gasteiger partial charge in [-0.05, 0) is 49.7 Å². The minimum Gasteiger partial charge on any atom is -0.383 e. The summed E-state index contributed by atoms with van der Waals surface area (Å²) < 4.78 is 32.7. The van der Waals surface area contributed by atoms with Gasteiger partial charge in [-0.15, -0.1) is 0 Å². The second-order valence-electron chi connectivity index (χ2n) is 5.95. The van der Waals surface area contributed by atoms with Crippen LogP contribution in [0.15, 0.2) is 47.4 Å². The molecule has 1 amide bonds. The molecule has 0 aromatic heterocycles. The summed E-state index contributed by atoms with van der Waals surface area (Å²) in [5, 5.41) is 2.88. The summed E-state index contributed by atoms with van der Waals surface area (Å²) >= 11 is 6.08. The fraction of sp³-hybridized carbons (Fsp3) is 0.278. The van der Waals surface area contributed by atoms with Gasteiger partial charge in [-0.3, -0.25) is 9.52 Å². The van der Waals surface area contributed by atoms with Crippen LogP contribution in [-0.2, 0) is 14.8 Å². The first-order valence-corrected chi connectivity index (χ1v) is 9.78. The van der Waals surface area contributed by atoms with Crippen molar-refractivity contribution in [2.75, 3.05) is 18.4 Å². The lowest BCUT2D eigenvalue weighted by molar-refractivity contribution is 0.0905. The number of nitrogens with one attached hydrogen (secondary N) is 2. The third-order valence-electron chi connectivity index (χ3n) is 3.56. The Balaban J connectivity index is 2.28. The zero-order valence-electron chi connectivity index (χ0n) is 14.7. The van der Waals surface area contributed by atoms with E-state index in [1.165, 1.54) is 25.3 Å². The Morgan fingerprint density at radius 1 is 1.23 bits per heavy atom. The second kappa shape index (κ2) is 8.53. The number of anilines is 1. The predicted molar refractivity (Wildman–Crippen MR) is 102 cm³/mol. The zero-order chi connectivity index (χ0) is 19.3. The lowest BCUT2D eigenvalue weighted by atomic mass is 10.2. The molecule has 0 saturated heterocycles. The van der Waals surface area contributed by atoms with Crippen LogP contribution in [0.2, 0.25) is 5.02 Å². The third-order valence-corrected chi connectivity index (χ3v) is 5.27. The Bertz CT molecular complexity index is 900. The molecule has 2 aromatic rings. The highest BCUT2D eigenvalue weighted by Gasteiger charge is 2.20. The molecule has 1 atom stereocenters. The molecule has 2 N–H and O–H groups in total. The molecule has 6 nitrogen and oxygen atoms in total. The molecule has 0 spiro atoms. The van der Waals surface area contributed by atoms with Gasteiger partial charge in [0.25, 0.3) is 15.9 Å². The summed E-state index contributed by atoms with van der Waals surface area (Å²) in [6.07, 6.45) is 0. The number of sulfonamides is 1. The Labute approximate surface area is 158 Å². The molecule has 1 unspecified atom stereocenters. The normalized spacial score (nSPS) is 12.5. The van der Waals surface area contributed by atoms with Crippen LogP contribution in [0.25, 0.3) is 0 Å². The maximum absolute atomic E-state index is 12.6. The van der Waals surface area contributed by atoms with E-state index in [-0.39, 0.29) is 21.5 Å². The van der Waals surface area contributed by atoms with Gasteiger partial charge in [0.1, 0.15) is 0 Å². The molecule has 140 valence electrons. The average molecular weight is 397 g/mol. The van der Waals surface area contributed by atoms with Gasteiger partial charge in [0, 0.05) is 18.8 Å². The molecular weight excluding hydrogens is 376 g/mol. The largest absolute Gasteiger partial charge is 0.383 e. The van der Waals surface area contributed by atoms with Crippen molar-refractivity contribution in [3.05, 3.63) is 58.6 Å². The van der Waals surface area contributed by atoms with Crippen molar-refractivity contribution in [2.24, 2.45) is 0 Å². The van der Waals surface area contributed by atoms with Crippen LogP contribution >= 0.6 is 11.6 Å². The maximum Gasteiger partial charge on any atom is 0.261 e. The fourth-order valence-corrected chi connectivity index (χ4v) is 3.64. The van der Waals surface area contributed by atoms with Gasteiger partial charge in [0.05, 0.1) is 22.1 Å². The van der Waals surface area contributed by atoms with Gasteiger partial charge >= 0.3 is 0 Å². The second-order valence-corrected chi connectivity index (χ2v) is 8.04. The van der Waals surface area contributed by atoms with Crippen LogP contribution < -0.4 is 10.0 Å². The molecule has 8 heteroatoms. The van der Waals surface area contributed by atoms with Gasteiger partial charge in [-0.2, -0.15) is 0 Å². The number of amides is 1. The number of hydrogen-bond acceptors (Lipinski definition) is 4. The molecule has 0 bridgehead atoms. The molecule has 0 fully saturated rings. The topological polar surface area (TPSA) is 84.5 Å². The Hall–Kier alpha value is -2.09. The van der Waals surface area contributed by atoms with E-state index in [2.05, 4.69) is 10.0 Å². The van der Waals surface area contributed by atoms with Crippen molar-refractivity contribution in [2.45, 2.75) is 24.8 Å². The van der Waals surface area contributed by atoms with Crippen LogP contribution in [0.3, 0.4) is 0 Å². The minimum atomic E-state index is -3.85. The molecule has 0 heterocycles. The first-order valence-electron chi connectivity index (χ1n) is 7.92. The van der Waals surface area contributed by atoms with Crippen LogP contribution in [0.5, 0.6) is 0 Å². The van der Waals surface area contributed by atoms with Crippen molar-refractivity contribution in [1.29, 1.82) is 0 Å². The summed E-state index contributed by atoms with van der Waals surface area (Å²) in [6.45, 7) is 3.97. The minimum absolute atomic E-state index is 0.0482. The summed E-state index contributed by atoms with van der Waals surface area (Å²) in [6, 6.07) is 10.8. The molecule has 26 heavy (non-hydrogen) atoms. The first kappa shape index (κ1) is 20.2. The number of ether oxygens (including phenoxy) is 1. The third kappa shape index (κ3) is 5.20. The monoisotopic (exact) mass is 396 g/mol. The van der Waals surface area contributed by atoms with Crippen molar-refractivity contribution in [3.63, 3.8) is 0 Å². The van der Waals surface area contributed by atoms with E-state index in [1.54, 1.807) is 25.1 Å². The Morgan fingerprint density at radius 3 is 2.62 bits per heavy atom. The number of rotatable bonds is 7. The predicted octanol–water partition coefficient (Wildman–Crippen LogP) is 3.21. The molecule has 2 aromatic carbocycles. The van der Waals surface area contributed by atoms with Gasteiger partial charge in [0.15, 0.2) is 0 Å². The highest BCUT2D eigenvalue weighted by molar-refractivity contribution is 7.92. The first-order chi connectivity index (χ1) is 12.2. The van der Waals surface area contributed by atoms with Gasteiger partial charge in [0.2, 0.25) is 0 Å². The number of carbonyl (C=O) groups excluding carboxylic acids is 1. The lowest BCUT2D eigenvalue weighted by Gasteiger charge is -2.14. The highest BCUT2D eigenvalue weighted by Crippen LogP contribution is 2.23. The number of methoxy groups -OCH3 is 1.